The zero-order chi connectivity index (χ0) is 12.1. The van der Waals surface area contributed by atoms with E-state index in [0.717, 1.165) is 6.42 Å². The molecule has 0 aliphatic heterocycles. The fourth-order valence-corrected chi connectivity index (χ4v) is 3.93. The molecule has 0 aromatic carbocycles. The van der Waals surface area contributed by atoms with Crippen LogP contribution < -0.4 is 11.3 Å². The van der Waals surface area contributed by atoms with Crippen LogP contribution in [0.1, 0.15) is 66.8 Å². The first-order chi connectivity index (χ1) is 8.35. The molecule has 0 saturated carbocycles. The topological polar surface area (TPSA) is 38.0 Å². The van der Waals surface area contributed by atoms with Crippen LogP contribution in [-0.4, -0.2) is 0 Å². The Morgan fingerprint density at radius 1 is 1.35 bits per heavy atom. The summed E-state index contributed by atoms with van der Waals surface area (Å²) in [5.41, 5.74) is 4.58. The zero-order valence-electron chi connectivity index (χ0n) is 10.8. The molecule has 1 aromatic rings. The maximum atomic E-state index is 5.69. The molecular weight excluding hydrogens is 228 g/mol. The lowest BCUT2D eigenvalue weighted by Crippen LogP contribution is -2.27. The Kier molecular flexibility index (Phi) is 5.01. The van der Waals surface area contributed by atoms with Gasteiger partial charge in [-0.25, -0.2) is 0 Å². The Labute approximate surface area is 109 Å². The van der Waals surface area contributed by atoms with E-state index in [1.807, 2.05) is 11.3 Å². The second-order valence-electron chi connectivity index (χ2n) is 5.02. The van der Waals surface area contributed by atoms with Crippen LogP contribution in [0.25, 0.3) is 0 Å². The number of hydrogen-bond donors (Lipinski definition) is 2. The molecule has 3 heteroatoms. The number of fused-ring (bicyclic) bond motifs is 1. The minimum Gasteiger partial charge on any atom is -0.271 e. The molecule has 2 rings (SSSR count). The Balaban J connectivity index is 2.09. The van der Waals surface area contributed by atoms with E-state index in [1.165, 1.54) is 49.8 Å². The SMILES string of the molecule is CCCCC(NN)c1cc2c(s1)CCCCC2. The Hall–Kier alpha value is -0.380. The maximum absolute atomic E-state index is 5.69. The molecule has 0 bridgehead atoms. The molecular formula is C14H24N2S. The fourth-order valence-electron chi connectivity index (χ4n) is 2.58. The highest BCUT2D eigenvalue weighted by Crippen LogP contribution is 2.33. The molecule has 1 atom stereocenters. The van der Waals surface area contributed by atoms with Gasteiger partial charge in [0.1, 0.15) is 0 Å². The molecule has 0 saturated heterocycles. The van der Waals surface area contributed by atoms with Crippen molar-refractivity contribution in [3.63, 3.8) is 0 Å². The van der Waals surface area contributed by atoms with Crippen molar-refractivity contribution in [2.24, 2.45) is 5.84 Å². The molecule has 2 nitrogen and oxygen atoms in total. The number of nitrogens with two attached hydrogens (primary N) is 1. The average molecular weight is 252 g/mol. The molecule has 1 unspecified atom stereocenters. The number of thiophene rings is 1. The summed E-state index contributed by atoms with van der Waals surface area (Å²) in [5.74, 6) is 5.69. The Bertz CT molecular complexity index is 322. The van der Waals surface area contributed by atoms with E-state index in [2.05, 4.69) is 18.4 Å². The summed E-state index contributed by atoms with van der Waals surface area (Å²) in [6, 6.07) is 2.78. The van der Waals surface area contributed by atoms with E-state index in [-0.39, 0.29) is 0 Å². The monoisotopic (exact) mass is 252 g/mol. The van der Waals surface area contributed by atoms with E-state index in [4.69, 9.17) is 5.84 Å². The molecule has 0 spiro atoms. The van der Waals surface area contributed by atoms with Crippen molar-refractivity contribution in [1.29, 1.82) is 0 Å². The van der Waals surface area contributed by atoms with Gasteiger partial charge in [-0.1, -0.05) is 26.2 Å². The third kappa shape index (κ3) is 3.30. The summed E-state index contributed by atoms with van der Waals surface area (Å²) in [6.45, 7) is 2.23. The molecule has 17 heavy (non-hydrogen) atoms. The van der Waals surface area contributed by atoms with Crippen molar-refractivity contribution in [1.82, 2.24) is 5.43 Å². The highest BCUT2D eigenvalue weighted by Gasteiger charge is 2.17. The lowest BCUT2D eigenvalue weighted by Gasteiger charge is -2.13. The van der Waals surface area contributed by atoms with Gasteiger partial charge >= 0.3 is 0 Å². The minimum atomic E-state index is 0.367. The summed E-state index contributed by atoms with van der Waals surface area (Å²) in [6.07, 6.45) is 10.3. The molecule has 1 aliphatic rings. The van der Waals surface area contributed by atoms with Gasteiger partial charge in [-0.15, -0.1) is 11.3 Å². The number of hydrazine groups is 1. The predicted molar refractivity (Wildman–Crippen MR) is 75.2 cm³/mol. The van der Waals surface area contributed by atoms with Crippen molar-refractivity contribution in [3.8, 4) is 0 Å². The van der Waals surface area contributed by atoms with Crippen LogP contribution in [-0.2, 0) is 12.8 Å². The number of nitrogens with one attached hydrogen (secondary N) is 1. The van der Waals surface area contributed by atoms with Crippen LogP contribution in [0.5, 0.6) is 0 Å². The van der Waals surface area contributed by atoms with Crippen LogP contribution >= 0.6 is 11.3 Å². The summed E-state index contributed by atoms with van der Waals surface area (Å²) in [7, 11) is 0. The summed E-state index contributed by atoms with van der Waals surface area (Å²) >= 11 is 1.99. The second-order valence-corrected chi connectivity index (χ2v) is 6.19. The van der Waals surface area contributed by atoms with Gasteiger partial charge < -0.3 is 0 Å². The van der Waals surface area contributed by atoms with Gasteiger partial charge in [0.25, 0.3) is 0 Å². The smallest absolute Gasteiger partial charge is 0.0553 e. The van der Waals surface area contributed by atoms with Gasteiger partial charge in [-0.3, -0.25) is 11.3 Å². The molecule has 1 aliphatic carbocycles. The molecule has 0 radical (unpaired) electrons. The van der Waals surface area contributed by atoms with Gasteiger partial charge in [0, 0.05) is 9.75 Å². The first kappa shape index (κ1) is 13.1. The molecule has 1 heterocycles. The lowest BCUT2D eigenvalue weighted by molar-refractivity contribution is 0.502. The van der Waals surface area contributed by atoms with E-state index in [9.17, 15) is 0 Å². The Morgan fingerprint density at radius 3 is 2.94 bits per heavy atom. The van der Waals surface area contributed by atoms with Gasteiger partial charge in [0.15, 0.2) is 0 Å². The van der Waals surface area contributed by atoms with Crippen LogP contribution in [0.15, 0.2) is 6.07 Å². The third-order valence-electron chi connectivity index (χ3n) is 3.66. The van der Waals surface area contributed by atoms with Crippen LogP contribution in [0.4, 0.5) is 0 Å². The number of aryl methyl sites for hydroxylation is 2. The van der Waals surface area contributed by atoms with Gasteiger partial charge in [-0.2, -0.15) is 0 Å². The maximum Gasteiger partial charge on any atom is 0.0553 e. The molecule has 3 N–H and O–H groups in total. The molecule has 0 amide bonds. The van der Waals surface area contributed by atoms with Gasteiger partial charge in [0.05, 0.1) is 6.04 Å². The highest BCUT2D eigenvalue weighted by molar-refractivity contribution is 7.12. The van der Waals surface area contributed by atoms with Gasteiger partial charge in [-0.05, 0) is 43.7 Å². The van der Waals surface area contributed by atoms with E-state index >= 15 is 0 Å². The average Bonchev–Trinajstić information content (AvgIpc) is 2.61. The normalized spacial score (nSPS) is 17.5. The van der Waals surface area contributed by atoms with E-state index < -0.39 is 0 Å². The van der Waals surface area contributed by atoms with Gasteiger partial charge in [0.2, 0.25) is 0 Å². The van der Waals surface area contributed by atoms with Crippen LogP contribution in [0.2, 0.25) is 0 Å². The van der Waals surface area contributed by atoms with E-state index in [0.29, 0.717) is 6.04 Å². The molecule has 1 aromatic heterocycles. The number of hydrogen-bond acceptors (Lipinski definition) is 3. The fraction of sp³-hybridized carbons (Fsp3) is 0.714. The van der Waals surface area contributed by atoms with Crippen LogP contribution in [0, 0.1) is 0 Å². The largest absolute Gasteiger partial charge is 0.271 e. The highest BCUT2D eigenvalue weighted by atomic mass is 32.1. The standard InChI is InChI=1S/C14H24N2S/c1-2-3-8-12(16-15)14-10-11-7-5-4-6-9-13(11)17-14/h10,12,16H,2-9,15H2,1H3. The summed E-state index contributed by atoms with van der Waals surface area (Å²) in [5, 5.41) is 0. The predicted octanol–water partition coefficient (Wildman–Crippen LogP) is 3.71. The quantitative estimate of drug-likeness (QED) is 0.476. The van der Waals surface area contributed by atoms with E-state index in [1.54, 1.807) is 10.4 Å². The summed E-state index contributed by atoms with van der Waals surface area (Å²) < 4.78 is 0. The zero-order valence-corrected chi connectivity index (χ0v) is 11.6. The first-order valence-corrected chi connectivity index (χ1v) is 7.74. The first-order valence-electron chi connectivity index (χ1n) is 6.92. The van der Waals surface area contributed by atoms with Crippen LogP contribution in [0.3, 0.4) is 0 Å². The Morgan fingerprint density at radius 2 is 2.18 bits per heavy atom. The molecule has 0 fully saturated rings. The molecule has 96 valence electrons. The summed E-state index contributed by atoms with van der Waals surface area (Å²) in [4.78, 5) is 3.07. The van der Waals surface area contributed by atoms with Crippen molar-refractivity contribution < 1.29 is 0 Å². The van der Waals surface area contributed by atoms with Crippen molar-refractivity contribution >= 4 is 11.3 Å². The number of unbranched alkanes of at least 4 members (excludes halogenated alkanes) is 1. The second kappa shape index (κ2) is 6.53. The number of rotatable bonds is 5. The third-order valence-corrected chi connectivity index (χ3v) is 5.01. The minimum absolute atomic E-state index is 0.367. The lowest BCUT2D eigenvalue weighted by atomic mass is 10.1. The van der Waals surface area contributed by atoms with Crippen molar-refractivity contribution in [3.05, 3.63) is 21.4 Å². The van der Waals surface area contributed by atoms with Crippen molar-refractivity contribution in [2.45, 2.75) is 64.3 Å². The van der Waals surface area contributed by atoms with Crippen molar-refractivity contribution in [2.75, 3.05) is 0 Å².